The van der Waals surface area contributed by atoms with Crippen molar-refractivity contribution < 1.29 is 24.6 Å². The van der Waals surface area contributed by atoms with Gasteiger partial charge in [0.1, 0.15) is 17.0 Å². The smallest absolute Gasteiger partial charge is 0.321 e. The first-order valence-electron chi connectivity index (χ1n) is 5.40. The second-order valence-corrected chi connectivity index (χ2v) is 4.37. The summed E-state index contributed by atoms with van der Waals surface area (Å²) in [5.74, 6) is -5.01. The number of carbonyl (C=O) groups is 3. The second kappa shape index (κ2) is 6.31. The number of hydrogen-bond acceptors (Lipinski definition) is 6. The zero-order valence-corrected chi connectivity index (χ0v) is 10.9. The van der Waals surface area contributed by atoms with E-state index in [1.807, 2.05) is 0 Å². The number of nitrogen functional groups attached to an aromatic ring is 1. The van der Waals surface area contributed by atoms with Crippen LogP contribution < -0.4 is 11.5 Å². The average molecular weight is 302 g/mol. The van der Waals surface area contributed by atoms with E-state index in [1.54, 1.807) is 0 Å². The minimum absolute atomic E-state index is 0.0730. The fourth-order valence-corrected chi connectivity index (χ4v) is 1.83. The van der Waals surface area contributed by atoms with Crippen molar-refractivity contribution in [2.24, 2.45) is 11.7 Å². The molecule has 108 valence electrons. The summed E-state index contributed by atoms with van der Waals surface area (Å²) in [7, 11) is 0. The molecule has 0 saturated heterocycles. The summed E-state index contributed by atoms with van der Waals surface area (Å²) in [5, 5.41) is 17.4. The van der Waals surface area contributed by atoms with Crippen LogP contribution >= 0.6 is 11.6 Å². The van der Waals surface area contributed by atoms with E-state index in [-0.39, 0.29) is 16.5 Å². The monoisotopic (exact) mass is 301 g/mol. The van der Waals surface area contributed by atoms with Gasteiger partial charge in [-0.2, -0.15) is 0 Å². The Kier molecular flexibility index (Phi) is 5.00. The minimum atomic E-state index is -1.66. The summed E-state index contributed by atoms with van der Waals surface area (Å²) in [4.78, 5) is 37.4. The van der Waals surface area contributed by atoms with E-state index >= 15 is 0 Å². The Morgan fingerprint density at radius 2 is 1.90 bits per heavy atom. The summed E-state index contributed by atoms with van der Waals surface area (Å²) >= 11 is 5.74. The Morgan fingerprint density at radius 3 is 2.35 bits per heavy atom. The summed E-state index contributed by atoms with van der Waals surface area (Å²) in [6.45, 7) is 0. The predicted molar refractivity (Wildman–Crippen MR) is 69.3 cm³/mol. The highest BCUT2D eigenvalue weighted by molar-refractivity contribution is 6.33. The molecule has 0 amide bonds. The molecule has 0 spiro atoms. The lowest BCUT2D eigenvalue weighted by atomic mass is 9.89. The molecule has 1 aromatic rings. The number of carbonyl (C=O) groups excluding carboxylic acids is 1. The largest absolute Gasteiger partial charge is 0.481 e. The van der Waals surface area contributed by atoms with Crippen LogP contribution in [-0.2, 0) is 9.59 Å². The highest BCUT2D eigenvalue weighted by atomic mass is 35.5. The van der Waals surface area contributed by atoms with E-state index in [2.05, 4.69) is 4.98 Å². The van der Waals surface area contributed by atoms with Gasteiger partial charge in [0.15, 0.2) is 5.78 Å². The van der Waals surface area contributed by atoms with Gasteiger partial charge < -0.3 is 21.7 Å². The Morgan fingerprint density at radius 1 is 1.30 bits per heavy atom. The number of rotatable bonds is 6. The number of halogens is 1. The Balaban J connectivity index is 3.15. The Bertz CT molecular complexity index is 563. The maximum absolute atomic E-state index is 12.2. The molecule has 0 aromatic carbocycles. The number of anilines is 1. The van der Waals surface area contributed by atoms with Crippen molar-refractivity contribution in [3.63, 3.8) is 0 Å². The van der Waals surface area contributed by atoms with E-state index in [9.17, 15) is 14.4 Å². The van der Waals surface area contributed by atoms with Crippen molar-refractivity contribution in [1.82, 2.24) is 4.98 Å². The van der Waals surface area contributed by atoms with Gasteiger partial charge >= 0.3 is 11.9 Å². The van der Waals surface area contributed by atoms with Gasteiger partial charge in [-0.15, -0.1) is 0 Å². The summed E-state index contributed by atoms with van der Waals surface area (Å²) in [6, 6.07) is 0.881. The molecule has 0 aliphatic carbocycles. The lowest BCUT2D eigenvalue weighted by Crippen LogP contribution is -2.43. The van der Waals surface area contributed by atoms with Crippen LogP contribution in [0.15, 0.2) is 12.1 Å². The second-order valence-electron chi connectivity index (χ2n) is 4.01. The van der Waals surface area contributed by atoms with Crippen LogP contribution in [0.3, 0.4) is 0 Å². The maximum Gasteiger partial charge on any atom is 0.321 e. The van der Waals surface area contributed by atoms with E-state index in [0.29, 0.717) is 0 Å². The molecule has 0 bridgehead atoms. The summed E-state index contributed by atoms with van der Waals surface area (Å²) in [5.41, 5.74) is 10.6. The van der Waals surface area contributed by atoms with Crippen LogP contribution in [0.5, 0.6) is 0 Å². The lowest BCUT2D eigenvalue weighted by Gasteiger charge is -2.18. The van der Waals surface area contributed by atoms with Crippen LogP contribution in [0.25, 0.3) is 0 Å². The van der Waals surface area contributed by atoms with Gasteiger partial charge in [-0.1, -0.05) is 11.6 Å². The number of pyridine rings is 1. The van der Waals surface area contributed by atoms with Crippen LogP contribution in [0.2, 0.25) is 5.15 Å². The number of nitrogens with zero attached hydrogens (tertiary/aromatic N) is 1. The third kappa shape index (κ3) is 3.65. The standard InChI is InChI=1S/C11H12ClN3O5/c12-10-4(1-2-6(13)15-10)9(18)5(3-7(16)17)8(14)11(19)20/h1-2,5,8H,3,14H2,(H2,13,15)(H,16,17)(H,19,20). The molecule has 20 heavy (non-hydrogen) atoms. The fourth-order valence-electron chi connectivity index (χ4n) is 1.57. The quantitative estimate of drug-likeness (QED) is 0.422. The number of aromatic nitrogens is 1. The molecule has 0 saturated carbocycles. The fraction of sp³-hybridized carbons (Fsp3) is 0.273. The van der Waals surface area contributed by atoms with Gasteiger partial charge in [0.05, 0.1) is 17.9 Å². The number of aliphatic carboxylic acids is 2. The van der Waals surface area contributed by atoms with Gasteiger partial charge in [0.25, 0.3) is 0 Å². The summed E-state index contributed by atoms with van der Waals surface area (Å²) < 4.78 is 0. The number of hydrogen-bond donors (Lipinski definition) is 4. The van der Waals surface area contributed by atoms with Gasteiger partial charge in [-0.3, -0.25) is 14.4 Å². The topological polar surface area (TPSA) is 157 Å². The van der Waals surface area contributed by atoms with E-state index in [1.165, 1.54) is 12.1 Å². The SMILES string of the molecule is Nc1ccc(C(=O)C(CC(=O)O)C(N)C(=O)O)c(Cl)n1. The predicted octanol–water partition coefficient (Wildman–Crippen LogP) is 0.00270. The van der Waals surface area contributed by atoms with E-state index < -0.39 is 36.1 Å². The van der Waals surface area contributed by atoms with Crippen LogP contribution in [0.1, 0.15) is 16.8 Å². The van der Waals surface area contributed by atoms with Crippen LogP contribution in [-0.4, -0.2) is 39.0 Å². The van der Waals surface area contributed by atoms with Crippen molar-refractivity contribution in [2.45, 2.75) is 12.5 Å². The number of ketones is 1. The van der Waals surface area contributed by atoms with Crippen molar-refractivity contribution in [2.75, 3.05) is 5.73 Å². The first-order valence-corrected chi connectivity index (χ1v) is 5.78. The zero-order chi connectivity index (χ0) is 15.4. The molecule has 1 rings (SSSR count). The van der Waals surface area contributed by atoms with Crippen molar-refractivity contribution in [3.05, 3.63) is 22.8 Å². The van der Waals surface area contributed by atoms with Crippen molar-refractivity contribution >= 4 is 35.1 Å². The first kappa shape index (κ1) is 15.9. The van der Waals surface area contributed by atoms with Gasteiger partial charge in [0, 0.05) is 0 Å². The zero-order valence-electron chi connectivity index (χ0n) is 10.1. The van der Waals surface area contributed by atoms with Gasteiger partial charge in [-0.05, 0) is 12.1 Å². The molecule has 0 aliphatic rings. The molecular weight excluding hydrogens is 290 g/mol. The minimum Gasteiger partial charge on any atom is -0.481 e. The number of carboxylic acid groups (broad SMARTS) is 2. The molecule has 1 aromatic heterocycles. The molecule has 2 unspecified atom stereocenters. The molecule has 0 radical (unpaired) electrons. The first-order chi connectivity index (χ1) is 9.23. The molecule has 0 fully saturated rings. The summed E-state index contributed by atoms with van der Waals surface area (Å²) in [6.07, 6.45) is -0.729. The highest BCUT2D eigenvalue weighted by Crippen LogP contribution is 2.22. The Hall–Kier alpha value is -2.19. The number of Topliss-reactive ketones (excluding diaryl/α,β-unsaturated/α-hetero) is 1. The third-order valence-electron chi connectivity index (χ3n) is 2.59. The Labute approximate surface area is 118 Å². The highest BCUT2D eigenvalue weighted by Gasteiger charge is 2.34. The molecule has 0 aliphatic heterocycles. The normalized spacial score (nSPS) is 13.5. The number of nitrogens with two attached hydrogens (primary N) is 2. The lowest BCUT2D eigenvalue weighted by molar-refractivity contribution is -0.141. The van der Waals surface area contributed by atoms with Gasteiger partial charge in [-0.25, -0.2) is 4.98 Å². The molecule has 1 heterocycles. The number of carboxylic acids is 2. The van der Waals surface area contributed by atoms with Crippen molar-refractivity contribution in [3.8, 4) is 0 Å². The van der Waals surface area contributed by atoms with Crippen LogP contribution in [0, 0.1) is 5.92 Å². The van der Waals surface area contributed by atoms with Crippen molar-refractivity contribution in [1.29, 1.82) is 0 Å². The van der Waals surface area contributed by atoms with Crippen LogP contribution in [0.4, 0.5) is 5.82 Å². The molecular formula is C11H12ClN3O5. The van der Waals surface area contributed by atoms with E-state index in [4.69, 9.17) is 33.3 Å². The average Bonchev–Trinajstić information content (AvgIpc) is 2.34. The molecule has 8 nitrogen and oxygen atoms in total. The molecule has 6 N–H and O–H groups in total. The third-order valence-corrected chi connectivity index (χ3v) is 2.87. The maximum atomic E-state index is 12.2. The molecule has 2 atom stereocenters. The molecule has 9 heteroatoms. The van der Waals surface area contributed by atoms with E-state index in [0.717, 1.165) is 0 Å². The van der Waals surface area contributed by atoms with Gasteiger partial charge in [0.2, 0.25) is 0 Å².